The normalized spacial score (nSPS) is 15.2. The molecule has 4 nitrogen and oxygen atoms in total. The first-order valence-electron chi connectivity index (χ1n) is 10.8. The lowest BCUT2D eigenvalue weighted by atomic mass is 9.72. The smallest absolute Gasteiger partial charge is 0.122 e. The first kappa shape index (κ1) is 21.7. The summed E-state index contributed by atoms with van der Waals surface area (Å²) in [6.45, 7) is 3.91. The third kappa shape index (κ3) is 4.76. The molecule has 1 saturated carbocycles. The summed E-state index contributed by atoms with van der Waals surface area (Å²) in [6, 6.07) is 7.87. The maximum absolute atomic E-state index is 11.0. The van der Waals surface area contributed by atoms with Gasteiger partial charge in [0.1, 0.15) is 11.5 Å². The summed E-state index contributed by atoms with van der Waals surface area (Å²) >= 11 is 0. The van der Waals surface area contributed by atoms with Crippen LogP contribution in [0.1, 0.15) is 71.4 Å². The third-order valence-electron chi connectivity index (χ3n) is 6.37. The van der Waals surface area contributed by atoms with E-state index in [1.54, 1.807) is 0 Å². The molecule has 3 rings (SSSR count). The van der Waals surface area contributed by atoms with E-state index in [1.807, 2.05) is 38.1 Å². The molecule has 0 amide bonds. The summed E-state index contributed by atoms with van der Waals surface area (Å²) in [6.07, 6.45) is 6.77. The Morgan fingerprint density at radius 2 is 1.21 bits per heavy atom. The Kier molecular flexibility index (Phi) is 7.20. The molecule has 0 aromatic heterocycles. The fraction of sp³-hybridized carbons (Fsp3) is 0.520. The zero-order chi connectivity index (χ0) is 21.0. The number of phenolic OH excluding ortho intramolecular Hbond substituents is 2. The van der Waals surface area contributed by atoms with Crippen LogP contribution in [-0.2, 0) is 12.8 Å². The van der Waals surface area contributed by atoms with E-state index in [9.17, 15) is 20.4 Å². The van der Waals surface area contributed by atoms with Gasteiger partial charge in [0.2, 0.25) is 0 Å². The summed E-state index contributed by atoms with van der Waals surface area (Å²) in [5.41, 5.74) is 5.29. The topological polar surface area (TPSA) is 80.9 Å². The predicted octanol–water partition coefficient (Wildman–Crippen LogP) is 4.50. The van der Waals surface area contributed by atoms with E-state index in [4.69, 9.17) is 0 Å². The molecule has 29 heavy (non-hydrogen) atoms. The molecule has 0 spiro atoms. The van der Waals surface area contributed by atoms with Crippen LogP contribution in [0.15, 0.2) is 24.3 Å². The number of hydrogen-bond acceptors (Lipinski definition) is 4. The van der Waals surface area contributed by atoms with Crippen molar-refractivity contribution >= 4 is 0 Å². The lowest BCUT2D eigenvalue weighted by Gasteiger charge is -2.33. The number of aliphatic hydroxyl groups is 2. The number of benzene rings is 2. The summed E-state index contributed by atoms with van der Waals surface area (Å²) in [5.74, 6) is 0.803. The van der Waals surface area contributed by atoms with Crippen molar-refractivity contribution in [2.24, 2.45) is 5.92 Å². The van der Waals surface area contributed by atoms with Gasteiger partial charge in [-0.15, -0.1) is 0 Å². The van der Waals surface area contributed by atoms with Gasteiger partial charge in [-0.2, -0.15) is 0 Å². The van der Waals surface area contributed by atoms with Crippen LogP contribution < -0.4 is 0 Å². The molecule has 0 atom stereocenters. The van der Waals surface area contributed by atoms with Crippen LogP contribution in [0, 0.1) is 19.8 Å². The molecule has 0 radical (unpaired) electrons. The van der Waals surface area contributed by atoms with Crippen LogP contribution in [0.25, 0.3) is 0 Å². The molecule has 0 bridgehead atoms. The fourth-order valence-corrected chi connectivity index (χ4v) is 4.93. The standard InChI is InChI=1S/C25H34O4/c1-16-12-18(8-10-26)14-21(24(16)28)23(20-6-4-3-5-7-20)22-15-19(9-11-27)13-17(2)25(22)29/h12-15,20,23,26-29H,3-11H2,1-2H3. The minimum absolute atomic E-state index is 0.0636. The zero-order valence-electron chi connectivity index (χ0n) is 17.6. The zero-order valence-corrected chi connectivity index (χ0v) is 17.6. The lowest BCUT2D eigenvalue weighted by molar-refractivity contribution is 0.298. The van der Waals surface area contributed by atoms with E-state index in [0.717, 1.165) is 59.1 Å². The molecular formula is C25H34O4. The van der Waals surface area contributed by atoms with Crippen molar-refractivity contribution in [3.05, 3.63) is 57.6 Å². The van der Waals surface area contributed by atoms with Gasteiger partial charge in [-0.25, -0.2) is 0 Å². The average molecular weight is 399 g/mol. The van der Waals surface area contributed by atoms with Crippen LogP contribution in [0.2, 0.25) is 0 Å². The van der Waals surface area contributed by atoms with Gasteiger partial charge in [0.25, 0.3) is 0 Å². The quantitative estimate of drug-likeness (QED) is 0.554. The van der Waals surface area contributed by atoms with E-state index in [2.05, 4.69) is 0 Å². The van der Waals surface area contributed by atoms with Gasteiger partial charge in [0.15, 0.2) is 0 Å². The molecule has 2 aromatic carbocycles. The van der Waals surface area contributed by atoms with E-state index in [0.29, 0.717) is 18.8 Å². The Morgan fingerprint density at radius 3 is 1.62 bits per heavy atom. The Hall–Kier alpha value is -2.04. The summed E-state index contributed by atoms with van der Waals surface area (Å²) in [7, 11) is 0. The van der Waals surface area contributed by atoms with E-state index < -0.39 is 0 Å². The van der Waals surface area contributed by atoms with Crippen molar-refractivity contribution in [3.8, 4) is 11.5 Å². The molecule has 2 aromatic rings. The van der Waals surface area contributed by atoms with Crippen molar-refractivity contribution in [1.82, 2.24) is 0 Å². The first-order valence-corrected chi connectivity index (χ1v) is 10.8. The van der Waals surface area contributed by atoms with Gasteiger partial charge in [-0.05, 0) is 67.7 Å². The van der Waals surface area contributed by atoms with Crippen LogP contribution in [0.5, 0.6) is 11.5 Å². The summed E-state index contributed by atoms with van der Waals surface area (Å²) in [4.78, 5) is 0. The summed E-state index contributed by atoms with van der Waals surface area (Å²) in [5, 5.41) is 40.9. The molecule has 0 aliphatic heterocycles. The largest absolute Gasteiger partial charge is 0.507 e. The number of aromatic hydroxyl groups is 2. The van der Waals surface area contributed by atoms with E-state index in [1.165, 1.54) is 6.42 Å². The molecular weight excluding hydrogens is 364 g/mol. The Bertz CT molecular complexity index is 776. The Balaban J connectivity index is 2.19. The van der Waals surface area contributed by atoms with E-state index in [-0.39, 0.29) is 30.6 Å². The molecule has 4 N–H and O–H groups in total. The highest BCUT2D eigenvalue weighted by Gasteiger charge is 2.31. The lowest BCUT2D eigenvalue weighted by Crippen LogP contribution is -2.19. The first-order chi connectivity index (χ1) is 14.0. The summed E-state index contributed by atoms with van der Waals surface area (Å²) < 4.78 is 0. The highest BCUT2D eigenvalue weighted by molar-refractivity contribution is 5.54. The van der Waals surface area contributed by atoms with Crippen LogP contribution in [-0.4, -0.2) is 33.6 Å². The van der Waals surface area contributed by atoms with Gasteiger partial charge < -0.3 is 20.4 Å². The number of aryl methyl sites for hydroxylation is 2. The Labute approximate surface area is 173 Å². The molecule has 4 heteroatoms. The minimum Gasteiger partial charge on any atom is -0.507 e. The van der Waals surface area contributed by atoms with Gasteiger partial charge >= 0.3 is 0 Å². The molecule has 0 heterocycles. The monoisotopic (exact) mass is 398 g/mol. The van der Waals surface area contributed by atoms with Crippen molar-refractivity contribution < 1.29 is 20.4 Å². The second-order valence-electron chi connectivity index (χ2n) is 8.52. The molecule has 1 aliphatic carbocycles. The molecule has 1 fully saturated rings. The average Bonchev–Trinajstić information content (AvgIpc) is 2.70. The van der Waals surface area contributed by atoms with Crippen LogP contribution in [0.4, 0.5) is 0 Å². The van der Waals surface area contributed by atoms with Crippen molar-refractivity contribution in [1.29, 1.82) is 0 Å². The fourth-order valence-electron chi connectivity index (χ4n) is 4.93. The SMILES string of the molecule is Cc1cc(CCO)cc(C(c2cc(CCO)cc(C)c2O)C2CCCCC2)c1O. The van der Waals surface area contributed by atoms with Gasteiger partial charge in [0.05, 0.1) is 0 Å². The van der Waals surface area contributed by atoms with Crippen LogP contribution in [0.3, 0.4) is 0 Å². The second kappa shape index (κ2) is 9.64. The maximum atomic E-state index is 11.0. The number of phenols is 2. The highest BCUT2D eigenvalue weighted by Crippen LogP contribution is 2.47. The van der Waals surface area contributed by atoms with Crippen molar-refractivity contribution in [2.45, 2.75) is 64.7 Å². The third-order valence-corrected chi connectivity index (χ3v) is 6.37. The van der Waals surface area contributed by atoms with Crippen molar-refractivity contribution in [2.75, 3.05) is 13.2 Å². The van der Waals surface area contributed by atoms with Gasteiger partial charge in [-0.3, -0.25) is 0 Å². The number of aliphatic hydroxyl groups excluding tert-OH is 2. The van der Waals surface area contributed by atoms with Crippen molar-refractivity contribution in [3.63, 3.8) is 0 Å². The molecule has 0 saturated heterocycles. The minimum atomic E-state index is -0.106. The molecule has 0 unspecified atom stereocenters. The maximum Gasteiger partial charge on any atom is 0.122 e. The van der Waals surface area contributed by atoms with Crippen LogP contribution >= 0.6 is 0 Å². The number of hydrogen-bond donors (Lipinski definition) is 4. The second-order valence-corrected chi connectivity index (χ2v) is 8.52. The number of rotatable bonds is 7. The molecule has 1 aliphatic rings. The van der Waals surface area contributed by atoms with Gasteiger partial charge in [0, 0.05) is 30.3 Å². The van der Waals surface area contributed by atoms with Gasteiger partial charge in [-0.1, -0.05) is 43.5 Å². The predicted molar refractivity (Wildman–Crippen MR) is 116 cm³/mol. The molecule has 158 valence electrons. The van der Waals surface area contributed by atoms with E-state index >= 15 is 0 Å². The Morgan fingerprint density at radius 1 is 0.759 bits per heavy atom. The highest BCUT2D eigenvalue weighted by atomic mass is 16.3.